The van der Waals surface area contributed by atoms with Crippen LogP contribution in [0.3, 0.4) is 0 Å². The molecule has 1 atom stereocenters. The van der Waals surface area contributed by atoms with Crippen molar-refractivity contribution in [2.75, 3.05) is 0 Å². The lowest BCUT2D eigenvalue weighted by molar-refractivity contribution is 0.360. The number of halogens is 1. The Bertz CT molecular complexity index is 565. The Morgan fingerprint density at radius 2 is 2.17 bits per heavy atom. The van der Waals surface area contributed by atoms with Gasteiger partial charge in [-0.25, -0.2) is 0 Å². The monoisotopic (exact) mass is 262 g/mol. The Balaban J connectivity index is 1.61. The number of nitrogens with zero attached hydrogens (tertiary/aromatic N) is 1. The molecule has 0 saturated heterocycles. The largest absolute Gasteiger partial charge is 0.360 e. The Morgan fingerprint density at radius 3 is 2.94 bits per heavy atom. The number of hydrogen-bond donors (Lipinski definition) is 1. The zero-order chi connectivity index (χ0) is 12.5. The van der Waals surface area contributed by atoms with E-state index in [0.29, 0.717) is 6.04 Å². The topological polar surface area (TPSA) is 38.1 Å². The molecule has 1 N–H and O–H groups in total. The minimum Gasteiger partial charge on any atom is -0.360 e. The van der Waals surface area contributed by atoms with Gasteiger partial charge in [-0.3, -0.25) is 0 Å². The molecule has 18 heavy (non-hydrogen) atoms. The minimum absolute atomic E-state index is 0.462. The predicted molar refractivity (Wildman–Crippen MR) is 70.7 cm³/mol. The average molecular weight is 263 g/mol. The van der Waals surface area contributed by atoms with E-state index in [1.807, 2.05) is 19.1 Å². The predicted octanol–water partition coefficient (Wildman–Crippen LogP) is 2.89. The zero-order valence-corrected chi connectivity index (χ0v) is 11.0. The first kappa shape index (κ1) is 11.8. The van der Waals surface area contributed by atoms with Crippen molar-refractivity contribution in [3.8, 4) is 0 Å². The molecule has 1 unspecified atom stereocenters. The molecule has 0 aliphatic heterocycles. The molecule has 3 nitrogen and oxygen atoms in total. The SMILES string of the molecule is Cc1cc(CNC2Cc3ccc(Cl)cc3C2)on1. The van der Waals surface area contributed by atoms with E-state index in [4.69, 9.17) is 16.1 Å². The summed E-state index contributed by atoms with van der Waals surface area (Å²) in [5, 5.41) is 8.20. The summed E-state index contributed by atoms with van der Waals surface area (Å²) in [6.07, 6.45) is 2.09. The van der Waals surface area contributed by atoms with Crippen molar-refractivity contribution in [2.24, 2.45) is 0 Å². The first-order valence-electron chi connectivity index (χ1n) is 6.13. The van der Waals surface area contributed by atoms with Crippen LogP contribution in [0.5, 0.6) is 0 Å². The number of aryl methyl sites for hydroxylation is 1. The molecule has 0 saturated carbocycles. The third-order valence-electron chi connectivity index (χ3n) is 3.34. The minimum atomic E-state index is 0.462. The fourth-order valence-electron chi connectivity index (χ4n) is 2.48. The van der Waals surface area contributed by atoms with Crippen molar-refractivity contribution >= 4 is 11.6 Å². The van der Waals surface area contributed by atoms with Crippen LogP contribution >= 0.6 is 11.6 Å². The van der Waals surface area contributed by atoms with Crippen LogP contribution in [0.15, 0.2) is 28.8 Å². The molecular formula is C14H15ClN2O. The molecule has 1 aromatic heterocycles. The number of aromatic nitrogens is 1. The van der Waals surface area contributed by atoms with Gasteiger partial charge in [0.2, 0.25) is 0 Å². The van der Waals surface area contributed by atoms with Gasteiger partial charge in [0.25, 0.3) is 0 Å². The molecule has 4 heteroatoms. The second kappa shape index (κ2) is 4.75. The summed E-state index contributed by atoms with van der Waals surface area (Å²) in [6, 6.07) is 8.58. The summed E-state index contributed by atoms with van der Waals surface area (Å²) in [6.45, 7) is 2.66. The standard InChI is InChI=1S/C14H15ClN2O/c1-9-4-14(18-17-9)8-16-13-6-10-2-3-12(15)5-11(10)7-13/h2-5,13,16H,6-8H2,1H3. The van der Waals surface area contributed by atoms with Gasteiger partial charge in [-0.1, -0.05) is 22.8 Å². The van der Waals surface area contributed by atoms with E-state index in [9.17, 15) is 0 Å². The van der Waals surface area contributed by atoms with E-state index in [-0.39, 0.29) is 0 Å². The first-order valence-corrected chi connectivity index (χ1v) is 6.51. The Labute approximate surface area is 111 Å². The van der Waals surface area contributed by atoms with Crippen LogP contribution in [-0.2, 0) is 19.4 Å². The van der Waals surface area contributed by atoms with E-state index < -0.39 is 0 Å². The van der Waals surface area contributed by atoms with E-state index in [1.165, 1.54) is 11.1 Å². The normalized spacial score (nSPS) is 18.0. The number of hydrogen-bond acceptors (Lipinski definition) is 3. The molecule has 3 rings (SSSR count). The number of benzene rings is 1. The smallest absolute Gasteiger partial charge is 0.150 e. The summed E-state index contributed by atoms with van der Waals surface area (Å²) < 4.78 is 5.19. The molecular weight excluding hydrogens is 248 g/mol. The van der Waals surface area contributed by atoms with Crippen molar-refractivity contribution in [2.45, 2.75) is 32.4 Å². The number of rotatable bonds is 3. The molecule has 0 amide bonds. The summed E-state index contributed by atoms with van der Waals surface area (Å²) in [5.41, 5.74) is 3.67. The van der Waals surface area contributed by atoms with Crippen LogP contribution in [0, 0.1) is 6.92 Å². The van der Waals surface area contributed by atoms with Gasteiger partial charge in [-0.2, -0.15) is 0 Å². The van der Waals surface area contributed by atoms with E-state index in [0.717, 1.165) is 35.9 Å². The maximum atomic E-state index is 6.00. The lowest BCUT2D eigenvalue weighted by Crippen LogP contribution is -2.28. The van der Waals surface area contributed by atoms with Gasteiger partial charge in [-0.05, 0) is 43.0 Å². The lowest BCUT2D eigenvalue weighted by atomic mass is 10.1. The maximum absolute atomic E-state index is 6.00. The van der Waals surface area contributed by atoms with Gasteiger partial charge in [0.15, 0.2) is 5.76 Å². The molecule has 0 fully saturated rings. The quantitative estimate of drug-likeness (QED) is 0.924. The summed E-state index contributed by atoms with van der Waals surface area (Å²) in [7, 11) is 0. The van der Waals surface area contributed by atoms with Crippen molar-refractivity contribution < 1.29 is 4.52 Å². The fourth-order valence-corrected chi connectivity index (χ4v) is 2.67. The molecule has 1 aliphatic rings. The van der Waals surface area contributed by atoms with Gasteiger partial charge in [0.1, 0.15) is 0 Å². The van der Waals surface area contributed by atoms with Crippen LogP contribution in [0.2, 0.25) is 5.02 Å². The van der Waals surface area contributed by atoms with Crippen molar-refractivity contribution in [1.29, 1.82) is 0 Å². The molecule has 0 radical (unpaired) electrons. The Kier molecular flexibility index (Phi) is 3.10. The van der Waals surface area contributed by atoms with Crippen molar-refractivity contribution in [3.05, 3.63) is 51.9 Å². The summed E-state index contributed by atoms with van der Waals surface area (Å²) >= 11 is 6.00. The Hall–Kier alpha value is -1.32. The zero-order valence-electron chi connectivity index (χ0n) is 10.2. The molecule has 0 spiro atoms. The van der Waals surface area contributed by atoms with Gasteiger partial charge in [-0.15, -0.1) is 0 Å². The van der Waals surface area contributed by atoms with Crippen LogP contribution in [0.4, 0.5) is 0 Å². The van der Waals surface area contributed by atoms with E-state index in [1.54, 1.807) is 0 Å². The van der Waals surface area contributed by atoms with Crippen LogP contribution in [0.25, 0.3) is 0 Å². The van der Waals surface area contributed by atoms with E-state index in [2.05, 4.69) is 22.6 Å². The highest BCUT2D eigenvalue weighted by atomic mass is 35.5. The van der Waals surface area contributed by atoms with Crippen molar-refractivity contribution in [3.63, 3.8) is 0 Å². The highest BCUT2D eigenvalue weighted by molar-refractivity contribution is 6.30. The molecule has 1 heterocycles. The highest BCUT2D eigenvalue weighted by Gasteiger charge is 2.21. The van der Waals surface area contributed by atoms with Crippen molar-refractivity contribution in [1.82, 2.24) is 10.5 Å². The Morgan fingerprint density at radius 1 is 1.33 bits per heavy atom. The van der Waals surface area contributed by atoms with Gasteiger partial charge in [0.05, 0.1) is 12.2 Å². The molecule has 1 aliphatic carbocycles. The number of fused-ring (bicyclic) bond motifs is 1. The molecule has 0 bridgehead atoms. The maximum Gasteiger partial charge on any atom is 0.150 e. The molecule has 94 valence electrons. The highest BCUT2D eigenvalue weighted by Crippen LogP contribution is 2.25. The lowest BCUT2D eigenvalue weighted by Gasteiger charge is -2.09. The summed E-state index contributed by atoms with van der Waals surface area (Å²) in [4.78, 5) is 0. The number of nitrogens with one attached hydrogen (secondary N) is 1. The molecule has 1 aromatic carbocycles. The van der Waals surface area contributed by atoms with E-state index >= 15 is 0 Å². The second-order valence-electron chi connectivity index (χ2n) is 4.83. The molecule has 2 aromatic rings. The summed E-state index contributed by atoms with van der Waals surface area (Å²) in [5.74, 6) is 0.890. The third-order valence-corrected chi connectivity index (χ3v) is 3.58. The van der Waals surface area contributed by atoms with Gasteiger partial charge >= 0.3 is 0 Å². The van der Waals surface area contributed by atoms with Crippen LogP contribution < -0.4 is 5.32 Å². The van der Waals surface area contributed by atoms with Gasteiger partial charge in [0, 0.05) is 17.1 Å². The fraction of sp³-hybridized carbons (Fsp3) is 0.357. The van der Waals surface area contributed by atoms with Gasteiger partial charge < -0.3 is 9.84 Å². The van der Waals surface area contributed by atoms with Crippen LogP contribution in [0.1, 0.15) is 22.6 Å². The second-order valence-corrected chi connectivity index (χ2v) is 5.27. The average Bonchev–Trinajstić information content (AvgIpc) is 2.92. The third kappa shape index (κ3) is 2.42. The van der Waals surface area contributed by atoms with Crippen LogP contribution in [-0.4, -0.2) is 11.2 Å². The first-order chi connectivity index (χ1) is 8.70.